The van der Waals surface area contributed by atoms with Crippen LogP contribution in [0, 0.1) is 0 Å². The van der Waals surface area contributed by atoms with Crippen LogP contribution in [-0.2, 0) is 15.5 Å². The lowest BCUT2D eigenvalue weighted by Crippen LogP contribution is -2.11. The molecule has 0 aliphatic carbocycles. The van der Waals surface area contributed by atoms with Crippen LogP contribution in [0.1, 0.15) is 29.6 Å². The van der Waals surface area contributed by atoms with Crippen LogP contribution in [0.4, 0.5) is 0 Å². The van der Waals surface area contributed by atoms with E-state index in [-0.39, 0.29) is 16.7 Å². The van der Waals surface area contributed by atoms with Gasteiger partial charge in [-0.05, 0) is 37.5 Å². The van der Waals surface area contributed by atoms with E-state index in [1.165, 1.54) is 12.1 Å². The van der Waals surface area contributed by atoms with Gasteiger partial charge in [0.2, 0.25) is 0 Å². The highest BCUT2D eigenvalue weighted by Gasteiger charge is 2.18. The number of carboxylic acid groups (broad SMARTS) is 1. The number of hydrogen-bond donors (Lipinski definition) is 1. The molecule has 19 heavy (non-hydrogen) atoms. The molecule has 1 aromatic carbocycles. The monoisotopic (exact) mass is 302 g/mol. The summed E-state index contributed by atoms with van der Waals surface area (Å²) in [4.78, 5) is 11.5. The van der Waals surface area contributed by atoms with E-state index in [0.29, 0.717) is 10.6 Å². The molecule has 2 unspecified atom stereocenters. The predicted octanol–water partition coefficient (Wildman–Crippen LogP) is 2.71. The first-order valence-corrected chi connectivity index (χ1v) is 7.80. The zero-order chi connectivity index (χ0) is 13.8. The highest BCUT2D eigenvalue weighted by molar-refractivity contribution is 7.85. The lowest BCUT2D eigenvalue weighted by Gasteiger charge is -2.09. The Bertz CT molecular complexity index is 497. The smallest absolute Gasteiger partial charge is 0.337 e. The molecule has 2 atom stereocenters. The summed E-state index contributed by atoms with van der Waals surface area (Å²) in [5, 5.41) is 9.13. The van der Waals surface area contributed by atoms with Crippen LogP contribution >= 0.6 is 11.6 Å². The molecular weight excluding hydrogens is 288 g/mol. The quantitative estimate of drug-likeness (QED) is 0.908. The van der Waals surface area contributed by atoms with Crippen LogP contribution < -0.4 is 0 Å². The van der Waals surface area contributed by atoms with E-state index in [9.17, 15) is 9.00 Å². The summed E-state index contributed by atoms with van der Waals surface area (Å²) in [5.74, 6) is -0.631. The number of halogens is 1. The van der Waals surface area contributed by atoms with Crippen LogP contribution in [0.5, 0.6) is 0 Å². The largest absolute Gasteiger partial charge is 0.478 e. The Morgan fingerprint density at radius 3 is 2.95 bits per heavy atom. The fraction of sp³-hybridized carbons (Fsp3) is 0.462. The maximum Gasteiger partial charge on any atom is 0.337 e. The van der Waals surface area contributed by atoms with Gasteiger partial charge in [0.1, 0.15) is 0 Å². The average molecular weight is 303 g/mol. The molecule has 6 heteroatoms. The van der Waals surface area contributed by atoms with Crippen LogP contribution in [0.25, 0.3) is 0 Å². The number of hydrogen-bond acceptors (Lipinski definition) is 3. The second-order valence-corrected chi connectivity index (χ2v) is 6.40. The summed E-state index contributed by atoms with van der Waals surface area (Å²) >= 11 is 5.78. The third-order valence-electron chi connectivity index (χ3n) is 3.08. The molecule has 0 saturated carbocycles. The standard InChI is InChI=1S/C13H15ClO4S/c14-12-4-3-10(8-11(12)13(15)16)19(17)7-5-9-2-1-6-18-9/h3-4,8-9H,1-2,5-7H2,(H,15,16). The van der Waals surface area contributed by atoms with Crippen LogP contribution in [-0.4, -0.2) is 33.7 Å². The highest BCUT2D eigenvalue weighted by Crippen LogP contribution is 2.21. The zero-order valence-corrected chi connectivity index (χ0v) is 11.9. The van der Waals surface area contributed by atoms with Crippen molar-refractivity contribution in [3.63, 3.8) is 0 Å². The average Bonchev–Trinajstić information content (AvgIpc) is 2.89. The Balaban J connectivity index is 2.02. The van der Waals surface area contributed by atoms with Gasteiger partial charge in [0.05, 0.1) is 27.5 Å². The lowest BCUT2D eigenvalue weighted by atomic mass is 10.2. The Morgan fingerprint density at radius 2 is 2.32 bits per heavy atom. The molecule has 0 spiro atoms. The predicted molar refractivity (Wildman–Crippen MR) is 73.3 cm³/mol. The maximum atomic E-state index is 12.1. The van der Waals surface area contributed by atoms with Crippen molar-refractivity contribution >= 4 is 28.4 Å². The van der Waals surface area contributed by atoms with Crippen molar-refractivity contribution in [3.05, 3.63) is 28.8 Å². The van der Waals surface area contributed by atoms with E-state index >= 15 is 0 Å². The molecule has 0 radical (unpaired) electrons. The first kappa shape index (κ1) is 14.5. The molecule has 0 bridgehead atoms. The minimum atomic E-state index is -1.22. The van der Waals surface area contributed by atoms with Gasteiger partial charge in [-0.1, -0.05) is 11.6 Å². The molecule has 4 nitrogen and oxygen atoms in total. The summed E-state index contributed by atoms with van der Waals surface area (Å²) in [6.07, 6.45) is 2.99. The van der Waals surface area contributed by atoms with Crippen molar-refractivity contribution in [1.82, 2.24) is 0 Å². The van der Waals surface area contributed by atoms with E-state index in [1.54, 1.807) is 6.07 Å². The molecule has 0 amide bonds. The summed E-state index contributed by atoms with van der Waals surface area (Å²) in [6, 6.07) is 4.47. The van der Waals surface area contributed by atoms with Crippen molar-refractivity contribution in [2.24, 2.45) is 0 Å². The van der Waals surface area contributed by atoms with Gasteiger partial charge in [-0.2, -0.15) is 0 Å². The summed E-state index contributed by atoms with van der Waals surface area (Å²) in [7, 11) is -1.22. The summed E-state index contributed by atoms with van der Waals surface area (Å²) in [6.45, 7) is 0.779. The number of carboxylic acids is 1. The van der Waals surface area contributed by atoms with Crippen molar-refractivity contribution in [1.29, 1.82) is 0 Å². The normalized spacial score (nSPS) is 20.4. The van der Waals surface area contributed by atoms with Gasteiger partial charge < -0.3 is 9.84 Å². The van der Waals surface area contributed by atoms with Gasteiger partial charge in [-0.25, -0.2) is 4.79 Å². The van der Waals surface area contributed by atoms with Crippen LogP contribution in [0.15, 0.2) is 23.1 Å². The molecule has 1 aliphatic heterocycles. The van der Waals surface area contributed by atoms with Crippen molar-refractivity contribution in [3.8, 4) is 0 Å². The second kappa shape index (κ2) is 6.50. The maximum absolute atomic E-state index is 12.1. The molecule has 1 aromatic rings. The van der Waals surface area contributed by atoms with Gasteiger partial charge in [0.25, 0.3) is 0 Å². The van der Waals surface area contributed by atoms with E-state index < -0.39 is 16.8 Å². The van der Waals surface area contributed by atoms with Gasteiger partial charge in [0.15, 0.2) is 0 Å². The summed E-state index contributed by atoms with van der Waals surface area (Å²) in [5.41, 5.74) is -0.00960. The minimum absolute atomic E-state index is 0.00960. The van der Waals surface area contributed by atoms with Crippen LogP contribution in [0.2, 0.25) is 5.02 Å². The van der Waals surface area contributed by atoms with Crippen molar-refractivity contribution < 1.29 is 18.8 Å². The number of benzene rings is 1. The number of rotatable bonds is 5. The van der Waals surface area contributed by atoms with Gasteiger partial charge in [-0.15, -0.1) is 0 Å². The SMILES string of the molecule is O=C(O)c1cc(S(=O)CCC2CCCO2)ccc1Cl. The molecule has 1 aliphatic rings. The van der Waals surface area contributed by atoms with E-state index in [1.807, 2.05) is 0 Å². The molecular formula is C13H15ClO4S. The highest BCUT2D eigenvalue weighted by atomic mass is 35.5. The molecule has 2 rings (SSSR count). The van der Waals surface area contributed by atoms with Crippen molar-refractivity contribution in [2.75, 3.05) is 12.4 Å². The third-order valence-corrected chi connectivity index (χ3v) is 4.80. The lowest BCUT2D eigenvalue weighted by molar-refractivity contribution is 0.0696. The number of aromatic carboxylic acids is 1. The molecule has 1 saturated heterocycles. The van der Waals surface area contributed by atoms with Gasteiger partial charge in [-0.3, -0.25) is 4.21 Å². The van der Waals surface area contributed by atoms with Crippen molar-refractivity contribution in [2.45, 2.75) is 30.3 Å². The molecule has 1 heterocycles. The first-order valence-electron chi connectivity index (χ1n) is 6.11. The van der Waals surface area contributed by atoms with Crippen LogP contribution in [0.3, 0.4) is 0 Å². The Hall–Kier alpha value is -0.910. The zero-order valence-electron chi connectivity index (χ0n) is 10.3. The molecule has 0 aromatic heterocycles. The van der Waals surface area contributed by atoms with E-state index in [4.69, 9.17) is 21.4 Å². The Morgan fingerprint density at radius 1 is 1.53 bits per heavy atom. The topological polar surface area (TPSA) is 63.6 Å². The fourth-order valence-electron chi connectivity index (χ4n) is 2.04. The molecule has 104 valence electrons. The number of ether oxygens (including phenoxy) is 1. The van der Waals surface area contributed by atoms with E-state index in [0.717, 1.165) is 25.9 Å². The second-order valence-electron chi connectivity index (χ2n) is 4.42. The van der Waals surface area contributed by atoms with E-state index in [2.05, 4.69) is 0 Å². The first-order chi connectivity index (χ1) is 9.08. The minimum Gasteiger partial charge on any atom is -0.478 e. The number of carbonyl (C=O) groups is 1. The molecule has 1 fully saturated rings. The summed E-state index contributed by atoms with van der Waals surface area (Å²) < 4.78 is 17.6. The Kier molecular flexibility index (Phi) is 4.96. The third kappa shape index (κ3) is 3.78. The molecule has 1 N–H and O–H groups in total. The van der Waals surface area contributed by atoms with Gasteiger partial charge >= 0.3 is 5.97 Å². The van der Waals surface area contributed by atoms with Gasteiger partial charge in [0, 0.05) is 17.3 Å². The Labute approximate surface area is 119 Å². The fourth-order valence-corrected chi connectivity index (χ4v) is 3.42.